The summed E-state index contributed by atoms with van der Waals surface area (Å²) in [4.78, 5) is 28.1. The molecule has 2 aliphatic carbocycles. The predicted octanol–water partition coefficient (Wildman–Crippen LogP) is 5.57. The van der Waals surface area contributed by atoms with Crippen molar-refractivity contribution in [3.63, 3.8) is 0 Å². The molecule has 0 aromatic heterocycles. The summed E-state index contributed by atoms with van der Waals surface area (Å²) < 4.78 is 6.89. The van der Waals surface area contributed by atoms with E-state index in [2.05, 4.69) is 40.4 Å². The second-order valence-corrected chi connectivity index (χ2v) is 17.3. The average Bonchev–Trinajstić information content (AvgIpc) is 2.98. The highest BCUT2D eigenvalue weighted by Gasteiger charge is 2.72. The number of benzene rings is 1. The third-order valence-electron chi connectivity index (χ3n) is 8.59. The molecule has 2 aliphatic rings. The first-order valence-corrected chi connectivity index (χ1v) is 15.7. The molecule has 6 heteroatoms. The van der Waals surface area contributed by atoms with E-state index >= 15 is 0 Å². The van der Waals surface area contributed by atoms with Crippen LogP contribution in [-0.4, -0.2) is 36.2 Å². The number of fused-ring (bicyclic) bond motifs is 2. The maximum Gasteiger partial charge on any atom is 0.185 e. The Morgan fingerprint density at radius 2 is 1.73 bits per heavy atom. The molecule has 0 spiro atoms. The third-order valence-corrected chi connectivity index (χ3v) is 9.55. The van der Waals surface area contributed by atoms with Gasteiger partial charge >= 0.3 is 0 Å². The molecule has 0 aliphatic heterocycles. The Labute approximate surface area is 201 Å². The SMILES string of the molecule is CC(C)(C)N(C(=O)[O-])[C@H](CC(=O)[C@@]1(O[Si](C)(C)C)C[C@H]2CC[C@]1(C)C2(C)C)c1ccccc1. The van der Waals surface area contributed by atoms with Gasteiger partial charge in [0.15, 0.2) is 14.1 Å². The van der Waals surface area contributed by atoms with Crippen LogP contribution in [0.2, 0.25) is 19.6 Å². The van der Waals surface area contributed by atoms with Crippen LogP contribution in [0.1, 0.15) is 78.8 Å². The maximum atomic E-state index is 14.4. The zero-order valence-electron chi connectivity index (χ0n) is 22.0. The fraction of sp³-hybridized carbons (Fsp3) is 0.704. The molecule has 0 radical (unpaired) electrons. The Kier molecular flexibility index (Phi) is 6.47. The molecule has 0 heterocycles. The van der Waals surface area contributed by atoms with E-state index in [1.165, 1.54) is 4.90 Å². The summed E-state index contributed by atoms with van der Waals surface area (Å²) in [5.74, 6) is 0.463. The average molecular weight is 473 g/mol. The van der Waals surface area contributed by atoms with Crippen LogP contribution < -0.4 is 5.11 Å². The summed E-state index contributed by atoms with van der Waals surface area (Å²) in [5, 5.41) is 12.3. The lowest BCUT2D eigenvalue weighted by atomic mass is 9.62. The number of Topliss-reactive ketones (excluding diaryl/α,β-unsaturated/α-hetero) is 1. The summed E-state index contributed by atoms with van der Waals surface area (Å²) in [7, 11) is -2.08. The number of amides is 1. The highest BCUT2D eigenvalue weighted by Crippen LogP contribution is 2.71. The fourth-order valence-electron chi connectivity index (χ4n) is 6.65. The Balaban J connectivity index is 2.10. The van der Waals surface area contributed by atoms with Gasteiger partial charge in [0.05, 0.1) is 6.04 Å². The number of carbonyl (C=O) groups is 2. The summed E-state index contributed by atoms with van der Waals surface area (Å²) in [6.07, 6.45) is 1.62. The quantitative estimate of drug-likeness (QED) is 0.487. The van der Waals surface area contributed by atoms with Crippen molar-refractivity contribution < 1.29 is 19.1 Å². The minimum atomic E-state index is -2.08. The number of hydrogen-bond donors (Lipinski definition) is 0. The van der Waals surface area contributed by atoms with E-state index in [9.17, 15) is 14.7 Å². The number of nitrogens with zero attached hydrogens (tertiary/aromatic N) is 1. The molecule has 184 valence electrons. The van der Waals surface area contributed by atoms with Crippen molar-refractivity contribution in [2.75, 3.05) is 0 Å². The highest BCUT2D eigenvalue weighted by atomic mass is 28.4. The smallest absolute Gasteiger partial charge is 0.185 e. The molecule has 2 bridgehead atoms. The Hall–Kier alpha value is -1.66. The van der Waals surface area contributed by atoms with Gasteiger partial charge in [0.2, 0.25) is 0 Å². The lowest BCUT2D eigenvalue weighted by Crippen LogP contribution is -2.60. The van der Waals surface area contributed by atoms with Crippen molar-refractivity contribution in [1.82, 2.24) is 4.90 Å². The number of hydrogen-bond acceptors (Lipinski definition) is 4. The molecule has 3 rings (SSSR count). The van der Waals surface area contributed by atoms with Crippen molar-refractivity contribution in [3.8, 4) is 0 Å². The summed E-state index contributed by atoms with van der Waals surface area (Å²) in [5.41, 5.74) is -1.09. The molecule has 2 fully saturated rings. The van der Waals surface area contributed by atoms with Gasteiger partial charge in [0.1, 0.15) is 11.7 Å². The topological polar surface area (TPSA) is 69.7 Å². The van der Waals surface area contributed by atoms with Crippen molar-refractivity contribution in [2.45, 2.75) is 104 Å². The van der Waals surface area contributed by atoms with E-state index in [4.69, 9.17) is 4.43 Å². The van der Waals surface area contributed by atoms with Crippen LogP contribution in [0.5, 0.6) is 0 Å². The van der Waals surface area contributed by atoms with Crippen molar-refractivity contribution in [3.05, 3.63) is 35.9 Å². The van der Waals surface area contributed by atoms with Crippen LogP contribution >= 0.6 is 0 Å². The predicted molar refractivity (Wildman–Crippen MR) is 132 cm³/mol. The van der Waals surface area contributed by atoms with Gasteiger partial charge in [-0.15, -0.1) is 0 Å². The first kappa shape index (κ1) is 26.0. The monoisotopic (exact) mass is 472 g/mol. The molecule has 0 unspecified atom stereocenters. The fourth-order valence-corrected chi connectivity index (χ4v) is 8.11. The van der Waals surface area contributed by atoms with Crippen molar-refractivity contribution in [1.29, 1.82) is 0 Å². The van der Waals surface area contributed by atoms with Gasteiger partial charge in [-0.25, -0.2) is 0 Å². The zero-order valence-corrected chi connectivity index (χ0v) is 23.0. The largest absolute Gasteiger partial charge is 0.530 e. The Bertz CT molecular complexity index is 901. The third kappa shape index (κ3) is 4.29. The molecule has 33 heavy (non-hydrogen) atoms. The van der Waals surface area contributed by atoms with E-state index in [1.54, 1.807) is 0 Å². The molecule has 0 saturated heterocycles. The van der Waals surface area contributed by atoms with Crippen molar-refractivity contribution in [2.24, 2.45) is 16.7 Å². The van der Waals surface area contributed by atoms with Crippen LogP contribution in [0.3, 0.4) is 0 Å². The molecule has 1 aromatic carbocycles. The second kappa shape index (κ2) is 8.23. The van der Waals surface area contributed by atoms with E-state index in [0.717, 1.165) is 24.8 Å². The first-order valence-electron chi connectivity index (χ1n) is 12.2. The second-order valence-electron chi connectivity index (χ2n) is 12.9. The number of rotatable bonds is 7. The van der Waals surface area contributed by atoms with Gasteiger partial charge in [-0.2, -0.15) is 0 Å². The van der Waals surface area contributed by atoms with E-state index in [-0.39, 0.29) is 23.0 Å². The van der Waals surface area contributed by atoms with Gasteiger partial charge in [-0.1, -0.05) is 51.1 Å². The minimum Gasteiger partial charge on any atom is -0.530 e. The molecule has 5 nitrogen and oxygen atoms in total. The van der Waals surface area contributed by atoms with Crippen LogP contribution in [0.25, 0.3) is 0 Å². The highest BCUT2D eigenvalue weighted by molar-refractivity contribution is 6.70. The van der Waals surface area contributed by atoms with Crippen LogP contribution in [0.4, 0.5) is 4.79 Å². The number of ketones is 1. The lowest BCUT2D eigenvalue weighted by molar-refractivity contribution is -0.274. The molecular weight excluding hydrogens is 430 g/mol. The zero-order chi connectivity index (χ0) is 25.0. The molecule has 2 saturated carbocycles. The van der Waals surface area contributed by atoms with Gasteiger partial charge < -0.3 is 19.2 Å². The van der Waals surface area contributed by atoms with E-state index in [1.807, 2.05) is 51.1 Å². The standard InChI is InChI=1S/C27H43NO4Si/c1-24(2,3)28(23(30)31)21(19-13-11-10-12-14-19)17-22(29)27(32-33(7,8)9)18-20-15-16-26(27,6)25(20,4)5/h10-14,20-21H,15-18H2,1-9H3,(H,30,31)/p-1/t20-,21-,26-,27+/m1/s1. The number of carbonyl (C=O) groups excluding carboxylic acids is 2. The van der Waals surface area contributed by atoms with Crippen molar-refractivity contribution >= 4 is 20.2 Å². The maximum absolute atomic E-state index is 14.4. The molecule has 1 aromatic rings. The molecule has 0 N–H and O–H groups in total. The van der Waals surface area contributed by atoms with Crippen LogP contribution in [0, 0.1) is 16.7 Å². The minimum absolute atomic E-state index is 0.0113. The van der Waals surface area contributed by atoms with Crippen LogP contribution in [-0.2, 0) is 9.22 Å². The van der Waals surface area contributed by atoms with Gasteiger partial charge in [0.25, 0.3) is 0 Å². The summed E-state index contributed by atoms with van der Waals surface area (Å²) in [6.45, 7) is 18.8. The summed E-state index contributed by atoms with van der Waals surface area (Å²) in [6, 6.07) is 8.85. The normalized spacial score (nSPS) is 29.7. The lowest BCUT2D eigenvalue weighted by Gasteiger charge is -2.51. The summed E-state index contributed by atoms with van der Waals surface area (Å²) >= 11 is 0. The molecule has 1 amide bonds. The Morgan fingerprint density at radius 3 is 2.12 bits per heavy atom. The first-order chi connectivity index (χ1) is 15.0. The van der Waals surface area contributed by atoms with E-state index < -0.39 is 31.6 Å². The molecule has 4 atom stereocenters. The Morgan fingerprint density at radius 1 is 1.15 bits per heavy atom. The number of carboxylic acid groups (broad SMARTS) is 1. The van der Waals surface area contributed by atoms with Gasteiger partial charge in [0, 0.05) is 17.4 Å². The van der Waals surface area contributed by atoms with E-state index in [0.29, 0.717) is 5.92 Å². The molecular formula is C27H42NO4Si-. The van der Waals surface area contributed by atoms with Crippen LogP contribution in [0.15, 0.2) is 30.3 Å². The van der Waals surface area contributed by atoms with Gasteiger partial charge in [-0.05, 0) is 76.6 Å². The van der Waals surface area contributed by atoms with Gasteiger partial charge in [-0.3, -0.25) is 4.79 Å².